The van der Waals surface area contributed by atoms with E-state index < -0.39 is 5.54 Å². The summed E-state index contributed by atoms with van der Waals surface area (Å²) in [5.74, 6) is 0.535. The van der Waals surface area contributed by atoms with Gasteiger partial charge < -0.3 is 10.1 Å². The van der Waals surface area contributed by atoms with E-state index in [9.17, 15) is 9.59 Å². The first-order chi connectivity index (χ1) is 9.97. The smallest absolute Gasteiger partial charge is 0.325 e. The minimum Gasteiger partial charge on any atom is -0.496 e. The van der Waals surface area contributed by atoms with E-state index in [-0.39, 0.29) is 18.5 Å². The number of hydrogen-bond donors (Lipinski definition) is 1. The second-order valence-corrected chi connectivity index (χ2v) is 5.43. The van der Waals surface area contributed by atoms with E-state index in [1.54, 1.807) is 7.11 Å². The average molecular weight is 290 g/mol. The second kappa shape index (κ2) is 5.76. The SMILES string of the molecule is CCC1(CC)NC(=O)N(Cc2cc(C)ccc2OC)C1=O. The fraction of sp³-hybridized carbons (Fsp3) is 0.500. The summed E-state index contributed by atoms with van der Waals surface area (Å²) in [4.78, 5) is 26.0. The zero-order chi connectivity index (χ0) is 15.6. The summed E-state index contributed by atoms with van der Waals surface area (Å²) in [6.07, 6.45) is 1.19. The number of carbonyl (C=O) groups excluding carboxylic acids is 2. The normalized spacial score (nSPS) is 17.0. The number of hydrogen-bond acceptors (Lipinski definition) is 3. The average Bonchev–Trinajstić information content (AvgIpc) is 2.72. The molecule has 1 aromatic rings. The second-order valence-electron chi connectivity index (χ2n) is 5.43. The molecule has 114 valence electrons. The first-order valence-electron chi connectivity index (χ1n) is 7.25. The van der Waals surface area contributed by atoms with Crippen LogP contribution in [0.1, 0.15) is 37.8 Å². The minimum atomic E-state index is -0.756. The summed E-state index contributed by atoms with van der Waals surface area (Å²) in [5, 5.41) is 2.84. The van der Waals surface area contributed by atoms with E-state index in [2.05, 4.69) is 5.32 Å². The van der Waals surface area contributed by atoms with Crippen molar-refractivity contribution >= 4 is 11.9 Å². The molecular formula is C16H22N2O3. The maximum Gasteiger partial charge on any atom is 0.325 e. The van der Waals surface area contributed by atoms with Crippen LogP contribution in [0.5, 0.6) is 5.75 Å². The van der Waals surface area contributed by atoms with Crippen molar-refractivity contribution < 1.29 is 14.3 Å². The lowest BCUT2D eigenvalue weighted by atomic mass is 9.93. The highest BCUT2D eigenvalue weighted by atomic mass is 16.5. The van der Waals surface area contributed by atoms with Gasteiger partial charge in [0.2, 0.25) is 0 Å². The van der Waals surface area contributed by atoms with E-state index in [0.29, 0.717) is 18.6 Å². The van der Waals surface area contributed by atoms with Crippen LogP contribution in [0.15, 0.2) is 18.2 Å². The van der Waals surface area contributed by atoms with Gasteiger partial charge in [-0.3, -0.25) is 9.69 Å². The Morgan fingerprint density at radius 1 is 1.24 bits per heavy atom. The van der Waals surface area contributed by atoms with Crippen molar-refractivity contribution in [3.63, 3.8) is 0 Å². The molecule has 5 heteroatoms. The first-order valence-corrected chi connectivity index (χ1v) is 7.25. The summed E-state index contributed by atoms with van der Waals surface area (Å²) in [6, 6.07) is 5.41. The Labute approximate surface area is 125 Å². The molecular weight excluding hydrogens is 268 g/mol. The molecule has 0 unspecified atom stereocenters. The van der Waals surface area contributed by atoms with E-state index >= 15 is 0 Å². The van der Waals surface area contributed by atoms with Crippen LogP contribution in [0, 0.1) is 6.92 Å². The van der Waals surface area contributed by atoms with Crippen molar-refractivity contribution in [2.75, 3.05) is 7.11 Å². The lowest BCUT2D eigenvalue weighted by Crippen LogP contribution is -2.45. The van der Waals surface area contributed by atoms with Gasteiger partial charge in [-0.15, -0.1) is 0 Å². The molecule has 1 aromatic carbocycles. The monoisotopic (exact) mass is 290 g/mol. The van der Waals surface area contributed by atoms with Crippen LogP contribution >= 0.6 is 0 Å². The van der Waals surface area contributed by atoms with Gasteiger partial charge in [0.25, 0.3) is 5.91 Å². The number of amides is 3. The van der Waals surface area contributed by atoms with Crippen LogP contribution in [0.2, 0.25) is 0 Å². The number of ether oxygens (including phenoxy) is 1. The Hall–Kier alpha value is -2.04. The van der Waals surface area contributed by atoms with Gasteiger partial charge in [-0.2, -0.15) is 0 Å². The molecule has 1 aliphatic rings. The molecule has 1 saturated heterocycles. The van der Waals surface area contributed by atoms with Crippen LogP contribution in [-0.4, -0.2) is 29.5 Å². The molecule has 5 nitrogen and oxygen atoms in total. The van der Waals surface area contributed by atoms with E-state index in [1.165, 1.54) is 4.90 Å². The number of nitrogens with one attached hydrogen (secondary N) is 1. The van der Waals surface area contributed by atoms with E-state index in [1.807, 2.05) is 39.0 Å². The molecule has 0 bridgehead atoms. The summed E-state index contributed by atoms with van der Waals surface area (Å²) < 4.78 is 5.32. The Kier molecular flexibility index (Phi) is 4.21. The van der Waals surface area contributed by atoms with Gasteiger partial charge in [0.05, 0.1) is 13.7 Å². The molecule has 0 saturated carbocycles. The number of urea groups is 1. The zero-order valence-corrected chi connectivity index (χ0v) is 13.0. The Bertz CT molecular complexity index is 565. The third-order valence-electron chi connectivity index (χ3n) is 4.22. The molecule has 2 rings (SSSR count). The maximum absolute atomic E-state index is 12.6. The van der Waals surface area contributed by atoms with Crippen molar-refractivity contribution in [2.24, 2.45) is 0 Å². The van der Waals surface area contributed by atoms with Crippen LogP contribution in [0.3, 0.4) is 0 Å². The van der Waals surface area contributed by atoms with Crippen LogP contribution < -0.4 is 10.1 Å². The number of imide groups is 1. The summed E-state index contributed by atoms with van der Waals surface area (Å²) in [7, 11) is 1.59. The molecule has 21 heavy (non-hydrogen) atoms. The zero-order valence-electron chi connectivity index (χ0n) is 13.0. The molecule has 0 radical (unpaired) electrons. The topological polar surface area (TPSA) is 58.6 Å². The van der Waals surface area contributed by atoms with Crippen molar-refractivity contribution in [1.82, 2.24) is 10.2 Å². The maximum atomic E-state index is 12.6. The fourth-order valence-electron chi connectivity index (χ4n) is 2.75. The predicted molar refractivity (Wildman–Crippen MR) is 80.1 cm³/mol. The molecule has 1 heterocycles. The lowest BCUT2D eigenvalue weighted by molar-refractivity contribution is -0.132. The summed E-state index contributed by atoms with van der Waals surface area (Å²) in [6.45, 7) is 6.03. The highest BCUT2D eigenvalue weighted by Gasteiger charge is 2.48. The van der Waals surface area contributed by atoms with Crippen LogP contribution in [0.4, 0.5) is 4.79 Å². The Morgan fingerprint density at radius 3 is 2.43 bits per heavy atom. The predicted octanol–water partition coefficient (Wildman–Crippen LogP) is 2.61. The van der Waals surface area contributed by atoms with E-state index in [4.69, 9.17) is 4.74 Å². The van der Waals surface area contributed by atoms with Gasteiger partial charge in [-0.05, 0) is 25.8 Å². The molecule has 0 aromatic heterocycles. The van der Waals surface area contributed by atoms with Gasteiger partial charge in [0.15, 0.2) is 0 Å². The quantitative estimate of drug-likeness (QED) is 0.848. The van der Waals surface area contributed by atoms with Gasteiger partial charge in [-0.25, -0.2) is 4.79 Å². The van der Waals surface area contributed by atoms with Gasteiger partial charge >= 0.3 is 6.03 Å². The van der Waals surface area contributed by atoms with Gasteiger partial charge in [0, 0.05) is 5.56 Å². The van der Waals surface area contributed by atoms with Crippen molar-refractivity contribution in [2.45, 2.75) is 45.7 Å². The number of nitrogens with zero attached hydrogens (tertiary/aromatic N) is 1. The molecule has 1 fully saturated rings. The fourth-order valence-corrected chi connectivity index (χ4v) is 2.75. The molecule has 0 aliphatic carbocycles. The molecule has 0 spiro atoms. The largest absolute Gasteiger partial charge is 0.496 e. The van der Waals surface area contributed by atoms with Crippen LogP contribution in [0.25, 0.3) is 0 Å². The van der Waals surface area contributed by atoms with Crippen molar-refractivity contribution in [3.05, 3.63) is 29.3 Å². The first kappa shape index (κ1) is 15.4. The van der Waals surface area contributed by atoms with Gasteiger partial charge in [0.1, 0.15) is 11.3 Å². The molecule has 3 amide bonds. The third-order valence-corrected chi connectivity index (χ3v) is 4.22. The number of carbonyl (C=O) groups is 2. The highest BCUT2D eigenvalue weighted by molar-refractivity contribution is 6.06. The minimum absolute atomic E-state index is 0.152. The van der Waals surface area contributed by atoms with Crippen LogP contribution in [-0.2, 0) is 11.3 Å². The summed E-state index contributed by atoms with van der Waals surface area (Å²) >= 11 is 0. The number of methoxy groups -OCH3 is 1. The standard InChI is InChI=1S/C16H22N2O3/c1-5-16(6-2)14(19)18(15(20)17-16)10-12-9-11(3)7-8-13(12)21-4/h7-9H,5-6,10H2,1-4H3,(H,17,20). The molecule has 0 atom stereocenters. The molecule has 1 aliphatic heterocycles. The van der Waals surface area contributed by atoms with Gasteiger partial charge in [-0.1, -0.05) is 31.5 Å². The third kappa shape index (κ3) is 2.60. The highest BCUT2D eigenvalue weighted by Crippen LogP contribution is 2.28. The lowest BCUT2D eigenvalue weighted by Gasteiger charge is -2.23. The Balaban J connectivity index is 2.30. The summed E-state index contributed by atoms with van der Waals surface area (Å²) in [5.41, 5.74) is 1.15. The van der Waals surface area contributed by atoms with Crippen molar-refractivity contribution in [3.8, 4) is 5.75 Å². The number of rotatable bonds is 5. The molecule has 1 N–H and O–H groups in total. The Morgan fingerprint density at radius 2 is 1.90 bits per heavy atom. The van der Waals surface area contributed by atoms with Crippen molar-refractivity contribution in [1.29, 1.82) is 0 Å². The van der Waals surface area contributed by atoms with E-state index in [0.717, 1.165) is 11.1 Å². The number of aryl methyl sites for hydroxylation is 1. The number of benzene rings is 1.